The number of sulfonamides is 1. The number of hydroxylamine groups is 1. The third-order valence-electron chi connectivity index (χ3n) is 4.18. The highest BCUT2D eigenvalue weighted by Crippen LogP contribution is 2.21. The van der Waals surface area contributed by atoms with Gasteiger partial charge in [0.05, 0.1) is 4.90 Å². The van der Waals surface area contributed by atoms with Crippen LogP contribution in [0.2, 0.25) is 0 Å². The number of hydrazine groups is 1. The van der Waals surface area contributed by atoms with Crippen molar-refractivity contribution in [3.05, 3.63) is 90.5 Å². The van der Waals surface area contributed by atoms with Gasteiger partial charge in [-0.2, -0.15) is 0 Å². The molecule has 0 aliphatic heterocycles. The van der Waals surface area contributed by atoms with Crippen LogP contribution in [-0.4, -0.2) is 24.7 Å². The standard InChI is InChI=1S/C21H20N2O4S/c24-21(16-11-17-7-3-1-4-8-17)23(25)22-28(26,27)20-14-12-19(13-15-20)18-9-5-2-6-10-18/h1-10,12-15,22,25H,11,16H2. The van der Waals surface area contributed by atoms with Crippen LogP contribution in [0.4, 0.5) is 0 Å². The summed E-state index contributed by atoms with van der Waals surface area (Å²) < 4.78 is 24.8. The van der Waals surface area contributed by atoms with E-state index in [1.807, 2.05) is 65.5 Å². The van der Waals surface area contributed by atoms with E-state index in [4.69, 9.17) is 0 Å². The monoisotopic (exact) mass is 396 g/mol. The summed E-state index contributed by atoms with van der Waals surface area (Å²) in [6.45, 7) is 0. The number of benzene rings is 3. The lowest BCUT2D eigenvalue weighted by molar-refractivity contribution is -0.172. The fraction of sp³-hybridized carbons (Fsp3) is 0.0952. The second-order valence-corrected chi connectivity index (χ2v) is 7.84. The van der Waals surface area contributed by atoms with Crippen LogP contribution < -0.4 is 4.83 Å². The summed E-state index contributed by atoms with van der Waals surface area (Å²) in [6, 6.07) is 25.0. The molecule has 3 aromatic carbocycles. The Morgan fingerprint density at radius 2 is 1.36 bits per heavy atom. The zero-order chi connectivity index (χ0) is 20.0. The molecule has 3 aromatic rings. The van der Waals surface area contributed by atoms with Crippen LogP contribution in [0.3, 0.4) is 0 Å². The van der Waals surface area contributed by atoms with Crippen LogP contribution in [0.1, 0.15) is 12.0 Å². The molecule has 0 aromatic heterocycles. The van der Waals surface area contributed by atoms with Crippen LogP contribution in [0.15, 0.2) is 89.8 Å². The minimum Gasteiger partial charge on any atom is -0.271 e. The molecule has 6 nitrogen and oxygen atoms in total. The van der Waals surface area contributed by atoms with E-state index >= 15 is 0 Å². The molecule has 0 saturated heterocycles. The number of amides is 1. The zero-order valence-electron chi connectivity index (χ0n) is 15.0. The Bertz CT molecular complexity index is 1020. The molecule has 144 valence electrons. The van der Waals surface area contributed by atoms with Crippen molar-refractivity contribution >= 4 is 15.9 Å². The average molecular weight is 396 g/mol. The number of carbonyl (C=O) groups is 1. The first kappa shape index (κ1) is 19.8. The Balaban J connectivity index is 1.63. The van der Waals surface area contributed by atoms with E-state index in [1.165, 1.54) is 12.1 Å². The van der Waals surface area contributed by atoms with Crippen molar-refractivity contribution in [2.75, 3.05) is 0 Å². The molecule has 7 heteroatoms. The van der Waals surface area contributed by atoms with Gasteiger partial charge in [0.25, 0.3) is 15.9 Å². The van der Waals surface area contributed by atoms with Gasteiger partial charge in [-0.3, -0.25) is 10.0 Å². The summed E-state index contributed by atoms with van der Waals surface area (Å²) in [6.07, 6.45) is 0.361. The van der Waals surface area contributed by atoms with Crippen molar-refractivity contribution in [2.24, 2.45) is 0 Å². The van der Waals surface area contributed by atoms with E-state index < -0.39 is 15.9 Å². The van der Waals surface area contributed by atoms with Gasteiger partial charge >= 0.3 is 0 Å². The van der Waals surface area contributed by atoms with Crippen LogP contribution in [0.5, 0.6) is 0 Å². The van der Waals surface area contributed by atoms with Gasteiger partial charge in [0.2, 0.25) is 0 Å². The minimum atomic E-state index is -4.08. The molecule has 0 aliphatic carbocycles. The molecule has 0 heterocycles. The zero-order valence-corrected chi connectivity index (χ0v) is 15.8. The third-order valence-corrected chi connectivity index (χ3v) is 5.49. The fourth-order valence-corrected chi connectivity index (χ4v) is 3.61. The molecule has 0 radical (unpaired) electrons. The maximum absolute atomic E-state index is 12.4. The Morgan fingerprint density at radius 3 is 1.96 bits per heavy atom. The van der Waals surface area contributed by atoms with Crippen LogP contribution in [-0.2, 0) is 21.2 Å². The van der Waals surface area contributed by atoms with Gasteiger partial charge in [0, 0.05) is 6.42 Å². The molecule has 0 bridgehead atoms. The van der Waals surface area contributed by atoms with Gasteiger partial charge in [0.15, 0.2) is 0 Å². The Labute approximate surface area is 164 Å². The number of hydrogen-bond acceptors (Lipinski definition) is 4. The molecule has 0 fully saturated rings. The van der Waals surface area contributed by atoms with Crippen molar-refractivity contribution in [1.29, 1.82) is 0 Å². The molecule has 1 amide bonds. The van der Waals surface area contributed by atoms with E-state index in [0.717, 1.165) is 16.7 Å². The number of hydrogen-bond donors (Lipinski definition) is 2. The SMILES string of the molecule is O=C(CCc1ccccc1)N(O)NS(=O)(=O)c1ccc(-c2ccccc2)cc1. The van der Waals surface area contributed by atoms with E-state index in [0.29, 0.717) is 6.42 Å². The molecule has 0 saturated carbocycles. The van der Waals surface area contributed by atoms with Gasteiger partial charge in [0.1, 0.15) is 0 Å². The topological polar surface area (TPSA) is 86.7 Å². The molecule has 0 aliphatic rings. The van der Waals surface area contributed by atoms with E-state index in [-0.39, 0.29) is 16.5 Å². The van der Waals surface area contributed by atoms with Gasteiger partial charge in [-0.25, -0.2) is 8.42 Å². The number of nitrogens with zero attached hydrogens (tertiary/aromatic N) is 1. The Kier molecular flexibility index (Phi) is 6.20. The van der Waals surface area contributed by atoms with Gasteiger partial charge in [-0.05, 0) is 35.2 Å². The highest BCUT2D eigenvalue weighted by molar-refractivity contribution is 7.89. The lowest BCUT2D eigenvalue weighted by Gasteiger charge is -2.16. The van der Waals surface area contributed by atoms with Gasteiger partial charge in [-0.1, -0.05) is 77.6 Å². The summed E-state index contributed by atoms with van der Waals surface area (Å²) in [5.41, 5.74) is 2.74. The quantitative estimate of drug-likeness (QED) is 0.473. The number of aryl methyl sites for hydroxylation is 1. The highest BCUT2D eigenvalue weighted by Gasteiger charge is 2.21. The van der Waals surface area contributed by atoms with E-state index in [2.05, 4.69) is 0 Å². The smallest absolute Gasteiger partial charge is 0.262 e. The van der Waals surface area contributed by atoms with Crippen molar-refractivity contribution in [2.45, 2.75) is 17.7 Å². The molecule has 3 rings (SSSR count). The van der Waals surface area contributed by atoms with E-state index in [9.17, 15) is 18.4 Å². The molecule has 0 unspecified atom stereocenters. The lowest BCUT2D eigenvalue weighted by atomic mass is 10.1. The van der Waals surface area contributed by atoms with Gasteiger partial charge < -0.3 is 0 Å². The third kappa shape index (κ3) is 5.04. The summed E-state index contributed by atoms with van der Waals surface area (Å²) >= 11 is 0. The summed E-state index contributed by atoms with van der Waals surface area (Å²) in [5, 5.41) is 9.85. The van der Waals surface area contributed by atoms with Crippen molar-refractivity contribution in [3.8, 4) is 11.1 Å². The first-order valence-electron chi connectivity index (χ1n) is 8.69. The number of rotatable bonds is 7. The Hall–Kier alpha value is -3.00. The molecular formula is C21H20N2O4S. The number of nitrogens with one attached hydrogen (secondary N) is 1. The lowest BCUT2D eigenvalue weighted by Crippen LogP contribution is -2.43. The predicted molar refractivity (Wildman–Crippen MR) is 106 cm³/mol. The maximum atomic E-state index is 12.4. The van der Waals surface area contributed by atoms with Crippen LogP contribution in [0, 0.1) is 0 Å². The largest absolute Gasteiger partial charge is 0.271 e. The Morgan fingerprint density at radius 1 is 0.821 bits per heavy atom. The van der Waals surface area contributed by atoms with E-state index in [1.54, 1.807) is 12.1 Å². The number of carbonyl (C=O) groups excluding carboxylic acids is 1. The molecule has 0 atom stereocenters. The summed E-state index contributed by atoms with van der Waals surface area (Å²) in [7, 11) is -4.08. The second-order valence-electron chi connectivity index (χ2n) is 6.18. The first-order chi connectivity index (χ1) is 13.5. The van der Waals surface area contributed by atoms with Crippen molar-refractivity contribution in [1.82, 2.24) is 10.0 Å². The molecule has 0 spiro atoms. The van der Waals surface area contributed by atoms with Crippen molar-refractivity contribution < 1.29 is 18.4 Å². The van der Waals surface area contributed by atoms with Gasteiger partial charge in [-0.15, -0.1) is 5.17 Å². The summed E-state index contributed by atoms with van der Waals surface area (Å²) in [4.78, 5) is 13.8. The minimum absolute atomic E-state index is 0.0311. The molecule has 2 N–H and O–H groups in total. The van der Waals surface area contributed by atoms with Crippen molar-refractivity contribution in [3.63, 3.8) is 0 Å². The maximum Gasteiger partial charge on any atom is 0.262 e. The highest BCUT2D eigenvalue weighted by atomic mass is 32.2. The predicted octanol–water partition coefficient (Wildman–Crippen LogP) is 3.40. The molecule has 28 heavy (non-hydrogen) atoms. The summed E-state index contributed by atoms with van der Waals surface area (Å²) in [5.74, 6) is -0.742. The fourth-order valence-electron chi connectivity index (χ4n) is 2.68. The first-order valence-corrected chi connectivity index (χ1v) is 10.2. The molecular weight excluding hydrogens is 376 g/mol. The normalized spacial score (nSPS) is 11.2. The van der Waals surface area contributed by atoms with Crippen LogP contribution in [0.25, 0.3) is 11.1 Å². The average Bonchev–Trinajstić information content (AvgIpc) is 2.73. The van der Waals surface area contributed by atoms with Crippen LogP contribution >= 0.6 is 0 Å². The second kappa shape index (κ2) is 8.79.